The predicted molar refractivity (Wildman–Crippen MR) is 66.0 cm³/mol. The highest BCUT2D eigenvalue weighted by atomic mass is 35.5. The van der Waals surface area contributed by atoms with Crippen molar-refractivity contribution in [3.63, 3.8) is 0 Å². The summed E-state index contributed by atoms with van der Waals surface area (Å²) >= 11 is 6.04. The van der Waals surface area contributed by atoms with Crippen molar-refractivity contribution < 1.29 is 5.11 Å². The fourth-order valence-corrected chi connectivity index (χ4v) is 2.30. The average molecular weight is 252 g/mol. The quantitative estimate of drug-likeness (QED) is 0.846. The second kappa shape index (κ2) is 4.17. The number of hydrogen-bond donors (Lipinski definition) is 2. The number of anilines is 1. The van der Waals surface area contributed by atoms with Crippen molar-refractivity contribution in [2.24, 2.45) is 0 Å². The second-order valence-corrected chi connectivity index (χ2v) is 5.22. The van der Waals surface area contributed by atoms with Crippen LogP contribution in [-0.4, -0.2) is 21.7 Å². The van der Waals surface area contributed by atoms with Crippen molar-refractivity contribution in [3.05, 3.63) is 22.3 Å². The van der Waals surface area contributed by atoms with Gasteiger partial charge in [0, 0.05) is 6.04 Å². The number of nitriles is 1. The summed E-state index contributed by atoms with van der Waals surface area (Å²) < 4.78 is 0. The predicted octanol–water partition coefficient (Wildman–Crippen LogP) is 2.24. The summed E-state index contributed by atoms with van der Waals surface area (Å²) in [6.07, 6.45) is 1.37. The first-order chi connectivity index (χ1) is 7.91. The van der Waals surface area contributed by atoms with E-state index in [9.17, 15) is 5.11 Å². The molecular formula is C12H14ClN3O. The van der Waals surface area contributed by atoms with Crippen molar-refractivity contribution in [1.82, 2.24) is 4.98 Å². The molecular weight excluding hydrogens is 238 g/mol. The molecule has 0 aliphatic heterocycles. The van der Waals surface area contributed by atoms with Gasteiger partial charge in [-0.15, -0.1) is 0 Å². The van der Waals surface area contributed by atoms with E-state index in [1.54, 1.807) is 13.0 Å². The maximum absolute atomic E-state index is 9.63. The molecule has 0 aromatic carbocycles. The minimum atomic E-state index is -0.578. The highest BCUT2D eigenvalue weighted by Gasteiger charge is 2.38. The third-order valence-corrected chi connectivity index (χ3v) is 3.29. The van der Waals surface area contributed by atoms with Gasteiger partial charge in [-0.05, 0) is 32.8 Å². The fraction of sp³-hybridized carbons (Fsp3) is 0.500. The van der Waals surface area contributed by atoms with Gasteiger partial charge in [-0.1, -0.05) is 11.6 Å². The SMILES string of the molecule is Cc1nc(NC2CC(C)(O)C2)c(Cl)cc1C#N. The Hall–Kier alpha value is -1.31. The number of nitrogens with zero attached hydrogens (tertiary/aromatic N) is 2. The van der Waals surface area contributed by atoms with Gasteiger partial charge in [0.05, 0.1) is 21.9 Å². The number of nitrogens with one attached hydrogen (secondary N) is 1. The molecule has 1 aromatic heterocycles. The van der Waals surface area contributed by atoms with E-state index < -0.39 is 5.60 Å². The lowest BCUT2D eigenvalue weighted by molar-refractivity contribution is -0.0235. The molecule has 2 N–H and O–H groups in total. The minimum absolute atomic E-state index is 0.197. The molecule has 90 valence electrons. The van der Waals surface area contributed by atoms with Crippen molar-refractivity contribution in [1.29, 1.82) is 5.26 Å². The van der Waals surface area contributed by atoms with Crippen LogP contribution in [0.3, 0.4) is 0 Å². The Morgan fingerprint density at radius 3 is 2.82 bits per heavy atom. The molecule has 5 heteroatoms. The van der Waals surface area contributed by atoms with Crippen LogP contribution in [-0.2, 0) is 0 Å². The zero-order valence-electron chi connectivity index (χ0n) is 9.79. The van der Waals surface area contributed by atoms with Crippen LogP contribution in [0.5, 0.6) is 0 Å². The van der Waals surface area contributed by atoms with E-state index in [1.165, 1.54) is 0 Å². The molecule has 0 radical (unpaired) electrons. The smallest absolute Gasteiger partial charge is 0.145 e. The number of aryl methyl sites for hydroxylation is 1. The second-order valence-electron chi connectivity index (χ2n) is 4.81. The van der Waals surface area contributed by atoms with E-state index in [1.807, 2.05) is 13.0 Å². The molecule has 1 heterocycles. The Balaban J connectivity index is 2.13. The van der Waals surface area contributed by atoms with E-state index in [-0.39, 0.29) is 6.04 Å². The first-order valence-electron chi connectivity index (χ1n) is 5.47. The van der Waals surface area contributed by atoms with Crippen LogP contribution in [0.2, 0.25) is 5.02 Å². The summed E-state index contributed by atoms with van der Waals surface area (Å²) in [4.78, 5) is 4.27. The van der Waals surface area contributed by atoms with Crippen LogP contribution >= 0.6 is 11.6 Å². The lowest BCUT2D eigenvalue weighted by atomic mass is 9.77. The highest BCUT2D eigenvalue weighted by Crippen LogP contribution is 2.35. The molecule has 0 saturated heterocycles. The van der Waals surface area contributed by atoms with Gasteiger partial charge in [0.2, 0.25) is 0 Å². The molecule has 2 rings (SSSR count). The molecule has 4 nitrogen and oxygen atoms in total. The number of hydrogen-bond acceptors (Lipinski definition) is 4. The number of aliphatic hydroxyl groups is 1. The third kappa shape index (κ3) is 2.51. The van der Waals surface area contributed by atoms with Crippen molar-refractivity contribution in [2.45, 2.75) is 38.3 Å². The van der Waals surface area contributed by atoms with E-state index >= 15 is 0 Å². The first kappa shape index (κ1) is 12.2. The van der Waals surface area contributed by atoms with Gasteiger partial charge in [0.15, 0.2) is 0 Å². The van der Waals surface area contributed by atoms with Gasteiger partial charge in [0.25, 0.3) is 0 Å². The zero-order chi connectivity index (χ0) is 12.6. The molecule has 0 bridgehead atoms. The van der Waals surface area contributed by atoms with Gasteiger partial charge in [-0.3, -0.25) is 0 Å². The Morgan fingerprint density at radius 2 is 2.29 bits per heavy atom. The van der Waals surface area contributed by atoms with Gasteiger partial charge in [-0.25, -0.2) is 4.98 Å². The lowest BCUT2D eigenvalue weighted by Gasteiger charge is -2.41. The number of pyridine rings is 1. The molecule has 1 aromatic rings. The average Bonchev–Trinajstić information content (AvgIpc) is 2.20. The molecule has 0 unspecified atom stereocenters. The van der Waals surface area contributed by atoms with Gasteiger partial charge in [-0.2, -0.15) is 5.26 Å². The summed E-state index contributed by atoms with van der Waals surface area (Å²) in [5.74, 6) is 0.587. The van der Waals surface area contributed by atoms with Crippen LogP contribution in [0.25, 0.3) is 0 Å². The van der Waals surface area contributed by atoms with E-state index in [0.717, 1.165) is 0 Å². The summed E-state index contributed by atoms with van der Waals surface area (Å²) in [7, 11) is 0. The molecule has 1 saturated carbocycles. The van der Waals surface area contributed by atoms with Gasteiger partial charge < -0.3 is 10.4 Å². The number of halogens is 1. The van der Waals surface area contributed by atoms with Crippen LogP contribution < -0.4 is 5.32 Å². The normalized spacial score (nSPS) is 27.1. The maximum atomic E-state index is 9.63. The van der Waals surface area contributed by atoms with Crippen molar-refractivity contribution in [3.8, 4) is 6.07 Å². The Kier molecular flexibility index (Phi) is 2.98. The molecule has 1 aliphatic carbocycles. The molecule has 17 heavy (non-hydrogen) atoms. The summed E-state index contributed by atoms with van der Waals surface area (Å²) in [5, 5.41) is 22.1. The first-order valence-corrected chi connectivity index (χ1v) is 5.85. The van der Waals surface area contributed by atoms with Crippen LogP contribution in [0.4, 0.5) is 5.82 Å². The van der Waals surface area contributed by atoms with Crippen LogP contribution in [0.15, 0.2) is 6.07 Å². The van der Waals surface area contributed by atoms with Crippen LogP contribution in [0, 0.1) is 18.3 Å². The third-order valence-electron chi connectivity index (χ3n) is 3.00. The lowest BCUT2D eigenvalue weighted by Crippen LogP contribution is -2.48. The Labute approximate surface area is 105 Å². The molecule has 0 spiro atoms. The Bertz CT molecular complexity index is 485. The molecule has 1 fully saturated rings. The van der Waals surface area contributed by atoms with Crippen molar-refractivity contribution in [2.75, 3.05) is 5.32 Å². The summed E-state index contributed by atoms with van der Waals surface area (Å²) in [6, 6.07) is 3.85. The largest absolute Gasteiger partial charge is 0.390 e. The standard InChI is InChI=1S/C12H14ClN3O/c1-7-8(6-14)3-10(13)11(15-7)16-9-4-12(2,17)5-9/h3,9,17H,4-5H2,1-2H3,(H,15,16). The molecule has 1 aliphatic rings. The summed E-state index contributed by atoms with van der Waals surface area (Å²) in [6.45, 7) is 3.58. The van der Waals surface area contributed by atoms with E-state index in [4.69, 9.17) is 16.9 Å². The Morgan fingerprint density at radius 1 is 1.65 bits per heavy atom. The molecule has 0 amide bonds. The topological polar surface area (TPSA) is 68.9 Å². The number of rotatable bonds is 2. The summed E-state index contributed by atoms with van der Waals surface area (Å²) in [5.41, 5.74) is 0.567. The van der Waals surface area contributed by atoms with E-state index in [0.29, 0.717) is 34.9 Å². The highest BCUT2D eigenvalue weighted by molar-refractivity contribution is 6.33. The fourth-order valence-electron chi connectivity index (χ4n) is 2.09. The molecule has 0 atom stereocenters. The van der Waals surface area contributed by atoms with Gasteiger partial charge in [0.1, 0.15) is 11.9 Å². The van der Waals surface area contributed by atoms with Gasteiger partial charge >= 0.3 is 0 Å². The minimum Gasteiger partial charge on any atom is -0.390 e. The van der Waals surface area contributed by atoms with E-state index in [2.05, 4.69) is 10.3 Å². The van der Waals surface area contributed by atoms with Crippen LogP contribution in [0.1, 0.15) is 31.0 Å². The maximum Gasteiger partial charge on any atom is 0.145 e. The zero-order valence-corrected chi connectivity index (χ0v) is 10.5. The number of aromatic nitrogens is 1. The monoisotopic (exact) mass is 251 g/mol. The van der Waals surface area contributed by atoms with Crippen molar-refractivity contribution >= 4 is 17.4 Å².